The van der Waals surface area contributed by atoms with E-state index in [9.17, 15) is 9.59 Å². The fraction of sp³-hybridized carbons (Fsp3) is 0.636. The number of hydrogen-bond donors (Lipinski definition) is 0. The van der Waals surface area contributed by atoms with E-state index >= 15 is 0 Å². The zero-order valence-electron chi connectivity index (χ0n) is 17.7. The molecule has 1 amide bonds. The zero-order chi connectivity index (χ0) is 20.5. The lowest BCUT2D eigenvalue weighted by atomic mass is 9.72. The average Bonchev–Trinajstić information content (AvgIpc) is 2.60. The number of methoxy groups -OCH3 is 1. The Bertz CT molecular complexity index is 737. The molecule has 1 spiro atoms. The summed E-state index contributed by atoms with van der Waals surface area (Å²) >= 11 is 0. The number of amides is 1. The van der Waals surface area contributed by atoms with Crippen molar-refractivity contribution >= 4 is 12.1 Å². The fourth-order valence-corrected chi connectivity index (χ4v) is 4.18. The third-order valence-corrected chi connectivity index (χ3v) is 5.71. The Morgan fingerprint density at radius 1 is 1.14 bits per heavy atom. The summed E-state index contributed by atoms with van der Waals surface area (Å²) < 4.78 is 10.4. The van der Waals surface area contributed by atoms with Crippen LogP contribution in [0.1, 0.15) is 55.1 Å². The van der Waals surface area contributed by atoms with Crippen molar-refractivity contribution in [3.63, 3.8) is 0 Å². The van der Waals surface area contributed by atoms with Gasteiger partial charge in [0.25, 0.3) is 0 Å². The summed E-state index contributed by atoms with van der Waals surface area (Å²) in [6.07, 6.45) is 1.84. The van der Waals surface area contributed by atoms with Gasteiger partial charge in [-0.3, -0.25) is 4.90 Å². The molecule has 0 bridgehead atoms. The first kappa shape index (κ1) is 20.6. The van der Waals surface area contributed by atoms with Gasteiger partial charge in [-0.1, -0.05) is 12.1 Å². The van der Waals surface area contributed by atoms with Gasteiger partial charge < -0.3 is 14.4 Å². The van der Waals surface area contributed by atoms with Crippen molar-refractivity contribution in [2.75, 3.05) is 33.3 Å². The molecular weight excluding hydrogens is 356 g/mol. The molecular formula is C22H32N2O4. The number of piperidine rings is 1. The number of aryl methyl sites for hydroxylation is 1. The van der Waals surface area contributed by atoms with E-state index in [2.05, 4.69) is 11.0 Å². The van der Waals surface area contributed by atoms with E-state index in [1.165, 1.54) is 7.11 Å². The van der Waals surface area contributed by atoms with Gasteiger partial charge >= 0.3 is 12.1 Å². The lowest BCUT2D eigenvalue weighted by molar-refractivity contribution is -0.0550. The molecule has 3 rings (SSSR count). The number of ether oxygens (including phenoxy) is 2. The highest BCUT2D eigenvalue weighted by molar-refractivity contribution is 5.91. The van der Waals surface area contributed by atoms with E-state index in [4.69, 9.17) is 9.47 Å². The number of nitrogens with zero attached hydrogens (tertiary/aromatic N) is 2. The summed E-state index contributed by atoms with van der Waals surface area (Å²) in [5, 5.41) is 0. The standard InChI is InChI=1S/C22H32N2O4/c1-16-6-7-17(12-18(16)19(25)27-5)13-23-14-22(15-23)8-10-24(11-9-22)20(26)28-21(2,3)4/h6-7,12H,8-11,13-15H2,1-5H3. The largest absolute Gasteiger partial charge is 0.465 e. The molecule has 6 heteroatoms. The first-order valence-corrected chi connectivity index (χ1v) is 9.99. The van der Waals surface area contributed by atoms with Crippen molar-refractivity contribution in [1.82, 2.24) is 9.80 Å². The highest BCUT2D eigenvalue weighted by Crippen LogP contribution is 2.41. The van der Waals surface area contributed by atoms with Crippen molar-refractivity contribution in [3.8, 4) is 0 Å². The maximum atomic E-state index is 12.2. The van der Waals surface area contributed by atoms with Crippen molar-refractivity contribution in [1.29, 1.82) is 0 Å². The number of benzene rings is 1. The molecule has 6 nitrogen and oxygen atoms in total. The van der Waals surface area contributed by atoms with Crippen LogP contribution < -0.4 is 0 Å². The maximum absolute atomic E-state index is 12.2. The molecule has 0 N–H and O–H groups in total. The van der Waals surface area contributed by atoms with Crippen LogP contribution >= 0.6 is 0 Å². The van der Waals surface area contributed by atoms with Crippen LogP contribution in [0.4, 0.5) is 4.79 Å². The topological polar surface area (TPSA) is 59.1 Å². The highest BCUT2D eigenvalue weighted by atomic mass is 16.6. The molecule has 0 saturated carbocycles. The minimum Gasteiger partial charge on any atom is -0.465 e. The zero-order valence-corrected chi connectivity index (χ0v) is 17.7. The summed E-state index contributed by atoms with van der Waals surface area (Å²) in [6.45, 7) is 12.1. The normalized spacial score (nSPS) is 19.2. The van der Waals surface area contributed by atoms with Crippen LogP contribution in [-0.4, -0.2) is 60.8 Å². The summed E-state index contributed by atoms with van der Waals surface area (Å²) in [7, 11) is 1.41. The Balaban J connectivity index is 1.50. The van der Waals surface area contributed by atoms with E-state index in [0.29, 0.717) is 11.0 Å². The summed E-state index contributed by atoms with van der Waals surface area (Å²) in [5.74, 6) is -0.283. The summed E-state index contributed by atoms with van der Waals surface area (Å²) in [4.78, 5) is 28.4. The smallest absolute Gasteiger partial charge is 0.410 e. The monoisotopic (exact) mass is 388 g/mol. The lowest BCUT2D eigenvalue weighted by Gasteiger charge is -2.54. The number of carbonyl (C=O) groups is 2. The van der Waals surface area contributed by atoms with Crippen LogP contribution in [0.5, 0.6) is 0 Å². The number of likely N-dealkylation sites (tertiary alicyclic amines) is 2. The summed E-state index contributed by atoms with van der Waals surface area (Å²) in [5.41, 5.74) is 2.57. The molecule has 2 fully saturated rings. The van der Waals surface area contributed by atoms with Gasteiger partial charge in [0.05, 0.1) is 12.7 Å². The van der Waals surface area contributed by atoms with E-state index in [1.54, 1.807) is 0 Å². The molecule has 0 aliphatic carbocycles. The van der Waals surface area contributed by atoms with Crippen molar-refractivity contribution in [2.45, 2.75) is 52.7 Å². The quantitative estimate of drug-likeness (QED) is 0.741. The Hall–Kier alpha value is -2.08. The molecule has 2 aliphatic rings. The van der Waals surface area contributed by atoms with Gasteiger partial charge in [-0.25, -0.2) is 9.59 Å². The van der Waals surface area contributed by atoms with Gasteiger partial charge in [0.2, 0.25) is 0 Å². The van der Waals surface area contributed by atoms with Gasteiger partial charge in [0, 0.05) is 32.7 Å². The second-order valence-corrected chi connectivity index (χ2v) is 9.25. The first-order valence-electron chi connectivity index (χ1n) is 9.99. The van der Waals surface area contributed by atoms with E-state index in [0.717, 1.165) is 56.7 Å². The minimum atomic E-state index is -0.448. The number of esters is 1. The Kier molecular flexibility index (Phi) is 5.71. The van der Waals surface area contributed by atoms with Gasteiger partial charge in [0.15, 0.2) is 0 Å². The Labute approximate surface area is 167 Å². The molecule has 0 aromatic heterocycles. The third-order valence-electron chi connectivity index (χ3n) is 5.71. The number of carbonyl (C=O) groups excluding carboxylic acids is 2. The second kappa shape index (κ2) is 7.74. The van der Waals surface area contributed by atoms with Crippen molar-refractivity contribution < 1.29 is 19.1 Å². The molecule has 0 atom stereocenters. The molecule has 1 aromatic rings. The van der Waals surface area contributed by atoms with E-state index in [1.807, 2.05) is 44.7 Å². The molecule has 1 aromatic carbocycles. The predicted octanol–water partition coefficient (Wildman–Crippen LogP) is 3.61. The Morgan fingerprint density at radius 2 is 1.79 bits per heavy atom. The predicted molar refractivity (Wildman–Crippen MR) is 107 cm³/mol. The van der Waals surface area contributed by atoms with Crippen molar-refractivity contribution in [3.05, 3.63) is 34.9 Å². The molecule has 154 valence electrons. The maximum Gasteiger partial charge on any atom is 0.410 e. The van der Waals surface area contributed by atoms with Gasteiger partial charge in [-0.2, -0.15) is 0 Å². The van der Waals surface area contributed by atoms with E-state index < -0.39 is 5.60 Å². The first-order chi connectivity index (χ1) is 13.1. The Morgan fingerprint density at radius 3 is 2.36 bits per heavy atom. The summed E-state index contributed by atoms with van der Waals surface area (Å²) in [6, 6.07) is 6.01. The second-order valence-electron chi connectivity index (χ2n) is 9.25. The van der Waals surface area contributed by atoms with E-state index in [-0.39, 0.29) is 12.1 Å². The molecule has 2 saturated heterocycles. The number of rotatable bonds is 3. The van der Waals surface area contributed by atoms with Crippen LogP contribution in [0.2, 0.25) is 0 Å². The molecule has 2 aliphatic heterocycles. The van der Waals surface area contributed by atoms with Crippen LogP contribution in [-0.2, 0) is 16.0 Å². The van der Waals surface area contributed by atoms with Crippen LogP contribution in [0, 0.1) is 12.3 Å². The molecule has 28 heavy (non-hydrogen) atoms. The van der Waals surface area contributed by atoms with Crippen LogP contribution in [0.15, 0.2) is 18.2 Å². The van der Waals surface area contributed by atoms with Gasteiger partial charge in [-0.15, -0.1) is 0 Å². The van der Waals surface area contributed by atoms with Crippen LogP contribution in [0.3, 0.4) is 0 Å². The fourth-order valence-electron chi connectivity index (χ4n) is 4.18. The molecule has 2 heterocycles. The van der Waals surface area contributed by atoms with Crippen LogP contribution in [0.25, 0.3) is 0 Å². The van der Waals surface area contributed by atoms with Gasteiger partial charge in [-0.05, 0) is 63.1 Å². The lowest BCUT2D eigenvalue weighted by Crippen LogP contribution is -2.60. The average molecular weight is 389 g/mol. The minimum absolute atomic E-state index is 0.200. The highest BCUT2D eigenvalue weighted by Gasteiger charge is 2.45. The number of hydrogen-bond acceptors (Lipinski definition) is 5. The molecule has 0 radical (unpaired) electrons. The SMILES string of the molecule is COC(=O)c1cc(CN2CC3(CCN(C(=O)OC(C)(C)C)CC3)C2)ccc1C. The van der Waals surface area contributed by atoms with Gasteiger partial charge in [0.1, 0.15) is 5.60 Å². The van der Waals surface area contributed by atoms with Crippen molar-refractivity contribution in [2.24, 2.45) is 5.41 Å². The molecule has 0 unspecified atom stereocenters. The third kappa shape index (κ3) is 4.66.